The number of fused-ring (bicyclic) bond motifs is 1. The molecule has 0 radical (unpaired) electrons. The Morgan fingerprint density at radius 3 is 2.69 bits per heavy atom. The number of sulfonamides is 1. The van der Waals surface area contributed by atoms with Crippen LogP contribution in [0.2, 0.25) is 0 Å². The maximum absolute atomic E-state index is 13.1. The second-order valence-corrected chi connectivity index (χ2v) is 9.68. The van der Waals surface area contributed by atoms with Gasteiger partial charge < -0.3 is 0 Å². The Labute approximate surface area is 158 Å². The van der Waals surface area contributed by atoms with E-state index in [-0.39, 0.29) is 17.4 Å². The Hall–Kier alpha value is -1.38. The van der Waals surface area contributed by atoms with Gasteiger partial charge in [-0.1, -0.05) is 43.2 Å². The summed E-state index contributed by atoms with van der Waals surface area (Å²) in [6.45, 7) is 1.94. The predicted molar refractivity (Wildman–Crippen MR) is 106 cm³/mol. The lowest BCUT2D eigenvalue weighted by Crippen LogP contribution is -2.30. The zero-order chi connectivity index (χ0) is 18.6. The van der Waals surface area contributed by atoms with Gasteiger partial charge in [-0.2, -0.15) is 0 Å². The lowest BCUT2D eigenvalue weighted by molar-refractivity contribution is 0.326. The SMILES string of the molecule is CCS(=O)(=O)NCCSc1nc2ccccc2c(=O)n1C1CCCCC1. The molecule has 1 heterocycles. The van der Waals surface area contributed by atoms with E-state index >= 15 is 0 Å². The molecule has 1 aromatic carbocycles. The van der Waals surface area contributed by atoms with Crippen LogP contribution in [0.15, 0.2) is 34.2 Å². The first-order chi connectivity index (χ1) is 12.5. The maximum Gasteiger partial charge on any atom is 0.262 e. The van der Waals surface area contributed by atoms with E-state index in [4.69, 9.17) is 4.98 Å². The van der Waals surface area contributed by atoms with Gasteiger partial charge in [-0.3, -0.25) is 9.36 Å². The molecule has 3 rings (SSSR count). The monoisotopic (exact) mass is 395 g/mol. The van der Waals surface area contributed by atoms with E-state index < -0.39 is 10.0 Å². The third kappa shape index (κ3) is 4.47. The van der Waals surface area contributed by atoms with Crippen molar-refractivity contribution in [2.75, 3.05) is 18.1 Å². The lowest BCUT2D eigenvalue weighted by Gasteiger charge is -2.26. The van der Waals surface area contributed by atoms with Crippen LogP contribution in [-0.4, -0.2) is 36.0 Å². The van der Waals surface area contributed by atoms with E-state index in [9.17, 15) is 13.2 Å². The molecule has 0 amide bonds. The third-order valence-electron chi connectivity index (χ3n) is 4.75. The largest absolute Gasteiger partial charge is 0.284 e. The number of thioether (sulfide) groups is 1. The van der Waals surface area contributed by atoms with Crippen LogP contribution in [0.1, 0.15) is 45.1 Å². The van der Waals surface area contributed by atoms with Crippen LogP contribution in [0.4, 0.5) is 0 Å². The molecular weight excluding hydrogens is 370 g/mol. The van der Waals surface area contributed by atoms with Crippen LogP contribution in [0, 0.1) is 0 Å². The van der Waals surface area contributed by atoms with Crippen molar-refractivity contribution in [2.24, 2.45) is 0 Å². The minimum atomic E-state index is -3.20. The van der Waals surface area contributed by atoms with Crippen LogP contribution in [0.3, 0.4) is 0 Å². The van der Waals surface area contributed by atoms with E-state index in [1.54, 1.807) is 6.92 Å². The summed E-state index contributed by atoms with van der Waals surface area (Å²) >= 11 is 1.45. The van der Waals surface area contributed by atoms with Crippen molar-refractivity contribution >= 4 is 32.7 Å². The van der Waals surface area contributed by atoms with Gasteiger partial charge in [0.05, 0.1) is 16.7 Å². The molecule has 6 nitrogen and oxygen atoms in total. The molecule has 8 heteroatoms. The van der Waals surface area contributed by atoms with Gasteiger partial charge in [-0.25, -0.2) is 18.1 Å². The second kappa shape index (κ2) is 8.54. The summed E-state index contributed by atoms with van der Waals surface area (Å²) in [7, 11) is -3.20. The molecule has 0 unspecified atom stereocenters. The van der Waals surface area contributed by atoms with Crippen molar-refractivity contribution in [2.45, 2.75) is 50.2 Å². The molecule has 1 fully saturated rings. The molecule has 0 atom stereocenters. The number of nitrogens with one attached hydrogen (secondary N) is 1. The summed E-state index contributed by atoms with van der Waals surface area (Å²) in [5, 5.41) is 1.34. The highest BCUT2D eigenvalue weighted by molar-refractivity contribution is 7.99. The lowest BCUT2D eigenvalue weighted by atomic mass is 9.95. The van der Waals surface area contributed by atoms with Crippen molar-refractivity contribution in [3.05, 3.63) is 34.6 Å². The molecule has 0 aliphatic heterocycles. The molecule has 1 aliphatic rings. The smallest absolute Gasteiger partial charge is 0.262 e. The molecule has 0 bridgehead atoms. The van der Waals surface area contributed by atoms with Gasteiger partial charge in [0.25, 0.3) is 5.56 Å². The molecule has 1 saturated carbocycles. The van der Waals surface area contributed by atoms with Crippen molar-refractivity contribution in [1.82, 2.24) is 14.3 Å². The molecule has 1 aromatic heterocycles. The number of benzene rings is 1. The molecule has 0 saturated heterocycles. The average molecular weight is 396 g/mol. The van der Waals surface area contributed by atoms with Crippen LogP contribution >= 0.6 is 11.8 Å². The van der Waals surface area contributed by atoms with Crippen molar-refractivity contribution in [3.63, 3.8) is 0 Å². The van der Waals surface area contributed by atoms with E-state index in [0.29, 0.717) is 28.4 Å². The Kier molecular flexibility index (Phi) is 6.37. The van der Waals surface area contributed by atoms with Gasteiger partial charge in [0.2, 0.25) is 10.0 Å². The predicted octanol–water partition coefficient (Wildman–Crippen LogP) is 2.93. The van der Waals surface area contributed by atoms with Gasteiger partial charge in [0, 0.05) is 18.3 Å². The first-order valence-corrected chi connectivity index (χ1v) is 11.8. The van der Waals surface area contributed by atoms with Crippen LogP contribution < -0.4 is 10.3 Å². The van der Waals surface area contributed by atoms with E-state index in [2.05, 4.69) is 4.72 Å². The van der Waals surface area contributed by atoms with E-state index in [1.165, 1.54) is 18.2 Å². The van der Waals surface area contributed by atoms with Gasteiger partial charge in [0.15, 0.2) is 5.16 Å². The highest BCUT2D eigenvalue weighted by Crippen LogP contribution is 2.30. The number of rotatable bonds is 7. The van der Waals surface area contributed by atoms with Crippen LogP contribution in [-0.2, 0) is 10.0 Å². The van der Waals surface area contributed by atoms with E-state index in [0.717, 1.165) is 25.7 Å². The van der Waals surface area contributed by atoms with Crippen LogP contribution in [0.25, 0.3) is 10.9 Å². The second-order valence-electron chi connectivity index (χ2n) is 6.52. The maximum atomic E-state index is 13.1. The Bertz CT molecular complexity index is 919. The van der Waals surface area contributed by atoms with Crippen LogP contribution in [0.5, 0.6) is 0 Å². The number of nitrogens with zero attached hydrogens (tertiary/aromatic N) is 2. The third-order valence-corrected chi connectivity index (χ3v) is 7.11. The Balaban J connectivity index is 1.88. The van der Waals surface area contributed by atoms with Gasteiger partial charge in [0.1, 0.15) is 0 Å². The Morgan fingerprint density at radius 2 is 1.96 bits per heavy atom. The minimum absolute atomic E-state index is 0.0131. The highest BCUT2D eigenvalue weighted by Gasteiger charge is 2.21. The van der Waals surface area contributed by atoms with Crippen molar-refractivity contribution in [1.29, 1.82) is 0 Å². The summed E-state index contributed by atoms with van der Waals surface area (Å²) in [6.07, 6.45) is 5.47. The molecule has 142 valence electrons. The Morgan fingerprint density at radius 1 is 1.23 bits per heavy atom. The standard InChI is InChI=1S/C18H25N3O3S2/c1-2-26(23,24)19-12-13-25-18-20-16-11-7-6-10-15(16)17(22)21(18)14-8-4-3-5-9-14/h6-7,10-11,14,19H,2-5,8-9,12-13H2,1H3. The zero-order valence-corrected chi connectivity index (χ0v) is 16.6. The van der Waals surface area contributed by atoms with Gasteiger partial charge in [-0.05, 0) is 31.9 Å². The molecule has 2 aromatic rings. The van der Waals surface area contributed by atoms with Gasteiger partial charge in [-0.15, -0.1) is 0 Å². The summed E-state index contributed by atoms with van der Waals surface area (Å²) in [4.78, 5) is 17.8. The quantitative estimate of drug-likeness (QED) is 0.443. The number of hydrogen-bond donors (Lipinski definition) is 1. The minimum Gasteiger partial charge on any atom is -0.284 e. The molecule has 0 spiro atoms. The van der Waals surface area contributed by atoms with E-state index in [1.807, 2.05) is 28.8 Å². The topological polar surface area (TPSA) is 81.1 Å². The number of para-hydroxylation sites is 1. The fourth-order valence-corrected chi connectivity index (χ4v) is 5.00. The van der Waals surface area contributed by atoms with Gasteiger partial charge >= 0.3 is 0 Å². The first kappa shape index (κ1) is 19.4. The number of hydrogen-bond acceptors (Lipinski definition) is 5. The first-order valence-electron chi connectivity index (χ1n) is 9.13. The van der Waals surface area contributed by atoms with Crippen molar-refractivity contribution < 1.29 is 8.42 Å². The van der Waals surface area contributed by atoms with Crippen molar-refractivity contribution in [3.8, 4) is 0 Å². The summed E-state index contributed by atoms with van der Waals surface area (Å²) in [6, 6.07) is 7.61. The highest BCUT2D eigenvalue weighted by atomic mass is 32.2. The molecule has 1 N–H and O–H groups in total. The molecule has 1 aliphatic carbocycles. The summed E-state index contributed by atoms with van der Waals surface area (Å²) < 4.78 is 27.5. The average Bonchev–Trinajstić information content (AvgIpc) is 2.66. The fourth-order valence-electron chi connectivity index (χ4n) is 3.33. The fraction of sp³-hybridized carbons (Fsp3) is 0.556. The normalized spacial score (nSPS) is 16.2. The zero-order valence-electron chi connectivity index (χ0n) is 15.0. The summed E-state index contributed by atoms with van der Waals surface area (Å²) in [5.74, 6) is 0.607. The summed E-state index contributed by atoms with van der Waals surface area (Å²) in [5.41, 5.74) is 0.709. The number of aromatic nitrogens is 2. The molecular formula is C18H25N3O3S2. The molecule has 26 heavy (non-hydrogen) atoms.